The number of nitrogen functional groups attached to an aromatic ring is 1. The number of hydrogen-bond acceptors (Lipinski definition) is 7. The number of hydrogen-bond donors (Lipinski definition) is 3. The summed E-state index contributed by atoms with van der Waals surface area (Å²) in [4.78, 5) is 7.70. The number of nitrogens with two attached hydrogens (primary N) is 1. The Balaban J connectivity index is 2.41. The first kappa shape index (κ1) is 9.74. The highest BCUT2D eigenvalue weighted by molar-refractivity contribution is 5.80. The molecule has 8 nitrogen and oxygen atoms in total. The van der Waals surface area contributed by atoms with Gasteiger partial charge in [-0.25, -0.2) is 14.6 Å². The molecule has 15 heavy (non-hydrogen) atoms. The number of fused-ring (bicyclic) bond motifs is 1. The zero-order valence-electron chi connectivity index (χ0n) is 7.78. The molecule has 0 aromatic carbocycles. The fourth-order valence-corrected chi connectivity index (χ4v) is 1.19. The minimum atomic E-state index is -0.897. The van der Waals surface area contributed by atoms with Gasteiger partial charge in [0.1, 0.15) is 6.33 Å². The first-order valence-corrected chi connectivity index (χ1v) is 4.31. The van der Waals surface area contributed by atoms with E-state index in [9.17, 15) is 5.11 Å². The van der Waals surface area contributed by atoms with Crippen LogP contribution in [0, 0.1) is 0 Å². The molecule has 0 aliphatic carbocycles. The van der Waals surface area contributed by atoms with Crippen LogP contribution in [-0.2, 0) is 6.54 Å². The lowest BCUT2D eigenvalue weighted by molar-refractivity contribution is 0.0787. The molecule has 1 atom stereocenters. The van der Waals surface area contributed by atoms with E-state index in [0.29, 0.717) is 11.2 Å². The van der Waals surface area contributed by atoms with Crippen molar-refractivity contribution in [1.82, 2.24) is 25.0 Å². The Kier molecular flexibility index (Phi) is 2.44. The van der Waals surface area contributed by atoms with E-state index in [1.165, 1.54) is 11.0 Å². The van der Waals surface area contributed by atoms with Crippen molar-refractivity contribution in [3.05, 3.63) is 6.33 Å². The third-order valence-electron chi connectivity index (χ3n) is 1.92. The van der Waals surface area contributed by atoms with Crippen molar-refractivity contribution in [1.29, 1.82) is 0 Å². The van der Waals surface area contributed by atoms with E-state index in [2.05, 4.69) is 20.3 Å². The van der Waals surface area contributed by atoms with E-state index in [-0.39, 0.29) is 19.0 Å². The molecule has 0 spiro atoms. The number of nitrogens with zero attached hydrogens (tertiary/aromatic N) is 5. The predicted octanol–water partition coefficient (Wildman–Crippen LogP) is -1.84. The number of aromatic nitrogens is 5. The van der Waals surface area contributed by atoms with Crippen molar-refractivity contribution in [2.75, 3.05) is 12.3 Å². The van der Waals surface area contributed by atoms with Gasteiger partial charge < -0.3 is 15.9 Å². The molecule has 4 N–H and O–H groups in total. The Hall–Kier alpha value is -1.80. The number of aliphatic hydroxyl groups is 2. The van der Waals surface area contributed by atoms with E-state index >= 15 is 0 Å². The maximum atomic E-state index is 9.25. The highest BCUT2D eigenvalue weighted by atomic mass is 16.3. The van der Waals surface area contributed by atoms with Crippen molar-refractivity contribution >= 4 is 17.0 Å². The van der Waals surface area contributed by atoms with Gasteiger partial charge in [-0.05, 0) is 0 Å². The topological polar surface area (TPSA) is 123 Å². The summed E-state index contributed by atoms with van der Waals surface area (Å²) in [6.45, 7) is -0.231. The van der Waals surface area contributed by atoms with Crippen molar-refractivity contribution in [3.8, 4) is 0 Å². The summed E-state index contributed by atoms with van der Waals surface area (Å²) in [5, 5.41) is 25.5. The second-order valence-electron chi connectivity index (χ2n) is 3.04. The van der Waals surface area contributed by atoms with Crippen LogP contribution in [0.2, 0.25) is 0 Å². The molecule has 2 heterocycles. The fraction of sp³-hybridized carbons (Fsp3) is 0.429. The lowest BCUT2D eigenvalue weighted by Crippen LogP contribution is -2.20. The zero-order valence-corrected chi connectivity index (χ0v) is 7.78. The quantitative estimate of drug-likeness (QED) is 0.543. The van der Waals surface area contributed by atoms with E-state index in [1.54, 1.807) is 0 Å². The minimum absolute atomic E-state index is 0.115. The van der Waals surface area contributed by atoms with Crippen molar-refractivity contribution in [3.63, 3.8) is 0 Å². The smallest absolute Gasteiger partial charge is 0.183 e. The van der Waals surface area contributed by atoms with Crippen LogP contribution in [0.5, 0.6) is 0 Å². The lowest BCUT2D eigenvalue weighted by atomic mass is 10.4. The Morgan fingerprint density at radius 2 is 2.27 bits per heavy atom. The SMILES string of the molecule is Nc1ncnc2c1nnn2C[C@H](O)CO. The van der Waals surface area contributed by atoms with E-state index in [4.69, 9.17) is 10.8 Å². The molecular weight excluding hydrogens is 200 g/mol. The lowest BCUT2D eigenvalue weighted by Gasteiger charge is -2.05. The van der Waals surface area contributed by atoms with Gasteiger partial charge in [0.2, 0.25) is 0 Å². The van der Waals surface area contributed by atoms with Crippen LogP contribution >= 0.6 is 0 Å². The summed E-state index contributed by atoms with van der Waals surface area (Å²) >= 11 is 0. The number of aliphatic hydroxyl groups excluding tert-OH is 2. The summed E-state index contributed by atoms with van der Waals surface area (Å²) in [5.41, 5.74) is 6.39. The van der Waals surface area contributed by atoms with Crippen LogP contribution in [0.15, 0.2) is 6.33 Å². The first-order chi connectivity index (χ1) is 7.22. The summed E-state index contributed by atoms with van der Waals surface area (Å²) in [7, 11) is 0. The summed E-state index contributed by atoms with van der Waals surface area (Å²) in [5.74, 6) is 0.240. The van der Waals surface area contributed by atoms with Gasteiger partial charge in [0, 0.05) is 0 Å². The van der Waals surface area contributed by atoms with Gasteiger partial charge in [-0.3, -0.25) is 0 Å². The highest BCUT2D eigenvalue weighted by Crippen LogP contribution is 2.12. The standard InChI is InChI=1S/C7H10N6O2/c8-6-5-7(10-3-9-6)13(12-11-5)1-4(15)2-14/h3-4,14-15H,1-2H2,(H2,8,9,10)/t4-/m0/s1. The molecule has 2 rings (SSSR count). The minimum Gasteiger partial charge on any atom is -0.394 e. The van der Waals surface area contributed by atoms with E-state index in [0.717, 1.165) is 0 Å². The zero-order chi connectivity index (χ0) is 10.8. The van der Waals surface area contributed by atoms with E-state index < -0.39 is 6.10 Å². The summed E-state index contributed by atoms with van der Waals surface area (Å²) < 4.78 is 1.37. The van der Waals surface area contributed by atoms with Crippen molar-refractivity contribution in [2.24, 2.45) is 0 Å². The molecule has 0 fully saturated rings. The average molecular weight is 210 g/mol. The maximum absolute atomic E-state index is 9.25. The third-order valence-corrected chi connectivity index (χ3v) is 1.92. The molecule has 2 aromatic heterocycles. The second kappa shape index (κ2) is 3.75. The fourth-order valence-electron chi connectivity index (χ4n) is 1.19. The van der Waals surface area contributed by atoms with Crippen LogP contribution in [0.25, 0.3) is 11.2 Å². The van der Waals surface area contributed by atoms with Gasteiger partial charge in [0.25, 0.3) is 0 Å². The van der Waals surface area contributed by atoms with Crippen LogP contribution in [0.1, 0.15) is 0 Å². The van der Waals surface area contributed by atoms with Crippen LogP contribution in [0.3, 0.4) is 0 Å². The Morgan fingerprint density at radius 3 is 3.00 bits per heavy atom. The second-order valence-corrected chi connectivity index (χ2v) is 3.04. The molecule has 0 saturated heterocycles. The molecule has 0 amide bonds. The van der Waals surface area contributed by atoms with Gasteiger partial charge in [0.15, 0.2) is 17.0 Å². The maximum Gasteiger partial charge on any atom is 0.183 e. The van der Waals surface area contributed by atoms with Gasteiger partial charge in [0.05, 0.1) is 19.3 Å². The monoisotopic (exact) mass is 210 g/mol. The van der Waals surface area contributed by atoms with Crippen molar-refractivity contribution in [2.45, 2.75) is 12.6 Å². The van der Waals surface area contributed by atoms with Gasteiger partial charge in [-0.1, -0.05) is 5.21 Å². The molecule has 2 aromatic rings. The Bertz CT molecular complexity index is 469. The molecule has 0 aliphatic rings. The highest BCUT2D eigenvalue weighted by Gasteiger charge is 2.12. The van der Waals surface area contributed by atoms with Crippen LogP contribution in [0.4, 0.5) is 5.82 Å². The largest absolute Gasteiger partial charge is 0.394 e. The molecule has 0 radical (unpaired) electrons. The molecule has 80 valence electrons. The van der Waals surface area contributed by atoms with Gasteiger partial charge >= 0.3 is 0 Å². The molecule has 0 aliphatic heterocycles. The van der Waals surface area contributed by atoms with Crippen LogP contribution < -0.4 is 5.73 Å². The van der Waals surface area contributed by atoms with E-state index in [1.807, 2.05) is 0 Å². The molecular formula is C7H10N6O2. The molecule has 0 saturated carbocycles. The number of anilines is 1. The van der Waals surface area contributed by atoms with Crippen LogP contribution in [-0.4, -0.2) is 47.9 Å². The Labute approximate surface area is 84.4 Å². The van der Waals surface area contributed by atoms with Gasteiger partial charge in [-0.2, -0.15) is 0 Å². The first-order valence-electron chi connectivity index (χ1n) is 4.31. The normalized spacial score (nSPS) is 13.2. The third kappa shape index (κ3) is 1.72. The van der Waals surface area contributed by atoms with Crippen molar-refractivity contribution < 1.29 is 10.2 Å². The van der Waals surface area contributed by atoms with Gasteiger partial charge in [-0.15, -0.1) is 5.10 Å². The summed E-state index contributed by atoms with van der Waals surface area (Å²) in [6.07, 6.45) is 0.397. The Morgan fingerprint density at radius 1 is 1.47 bits per heavy atom. The average Bonchev–Trinajstić information content (AvgIpc) is 2.63. The molecule has 0 unspecified atom stereocenters. The predicted molar refractivity (Wildman–Crippen MR) is 50.6 cm³/mol. The molecule has 8 heteroatoms. The summed E-state index contributed by atoms with van der Waals surface area (Å²) in [6, 6.07) is 0. The number of rotatable bonds is 3. The molecule has 0 bridgehead atoms.